The minimum atomic E-state index is -1.63. The van der Waals surface area contributed by atoms with Gasteiger partial charge in [0.2, 0.25) is 0 Å². The average Bonchev–Trinajstić information content (AvgIpc) is 2.74. The predicted molar refractivity (Wildman–Crippen MR) is 90.1 cm³/mol. The normalized spacial score (nSPS) is 23.3. The molecule has 3 rings (SSSR count). The van der Waals surface area contributed by atoms with Crippen LogP contribution in [0.25, 0.3) is 10.9 Å². The van der Waals surface area contributed by atoms with Gasteiger partial charge >= 0.3 is 0 Å². The van der Waals surface area contributed by atoms with E-state index in [2.05, 4.69) is 68.0 Å². The van der Waals surface area contributed by atoms with Crippen molar-refractivity contribution in [3.8, 4) is 0 Å². The molecule has 1 aliphatic carbocycles. The molecule has 0 spiro atoms. The van der Waals surface area contributed by atoms with Gasteiger partial charge in [-0.2, -0.15) is 5.10 Å². The fourth-order valence-electron chi connectivity index (χ4n) is 2.61. The maximum absolute atomic E-state index is 6.46. The smallest absolute Gasteiger partial charge is 0.192 e. The van der Waals surface area contributed by atoms with Gasteiger partial charge in [0.15, 0.2) is 8.32 Å². The Bertz CT molecular complexity index is 603. The lowest BCUT2D eigenvalue weighted by Gasteiger charge is -2.44. The van der Waals surface area contributed by atoms with E-state index in [0.717, 1.165) is 18.4 Å². The Morgan fingerprint density at radius 2 is 1.86 bits per heavy atom. The Kier molecular flexibility index (Phi) is 3.49. The summed E-state index contributed by atoms with van der Waals surface area (Å²) in [6.07, 6.45) is 4.78. The summed E-state index contributed by atoms with van der Waals surface area (Å²) in [6.45, 7) is 11.6. The zero-order valence-corrected chi connectivity index (χ0v) is 14.8. The molecule has 0 atom stereocenters. The van der Waals surface area contributed by atoms with Gasteiger partial charge in [0, 0.05) is 17.7 Å². The highest BCUT2D eigenvalue weighted by molar-refractivity contribution is 6.74. The van der Waals surface area contributed by atoms with Gasteiger partial charge in [-0.25, -0.2) is 0 Å². The van der Waals surface area contributed by atoms with Crippen LogP contribution in [0.1, 0.15) is 39.7 Å². The van der Waals surface area contributed by atoms with E-state index in [9.17, 15) is 0 Å². The van der Waals surface area contributed by atoms with Crippen LogP contribution < -0.4 is 0 Å². The summed E-state index contributed by atoms with van der Waals surface area (Å²) in [5.74, 6) is 0. The van der Waals surface area contributed by atoms with Crippen LogP contribution in [0.2, 0.25) is 18.1 Å². The molecule has 1 heterocycles. The Balaban J connectivity index is 1.63. The number of aromatic nitrogens is 2. The van der Waals surface area contributed by atoms with Crippen molar-refractivity contribution in [3.05, 3.63) is 30.5 Å². The zero-order valence-electron chi connectivity index (χ0n) is 13.8. The van der Waals surface area contributed by atoms with Gasteiger partial charge < -0.3 is 4.43 Å². The highest BCUT2D eigenvalue weighted by atomic mass is 28.4. The molecule has 0 aliphatic heterocycles. The molecule has 2 aromatic rings. The van der Waals surface area contributed by atoms with E-state index >= 15 is 0 Å². The van der Waals surface area contributed by atoms with Crippen molar-refractivity contribution in [2.24, 2.45) is 0 Å². The number of hydrogen-bond acceptors (Lipinski definition) is 2. The first-order valence-electron chi connectivity index (χ1n) is 7.88. The first kappa shape index (κ1) is 14.8. The molecule has 21 heavy (non-hydrogen) atoms. The van der Waals surface area contributed by atoms with Gasteiger partial charge in [-0.05, 0) is 37.0 Å². The fraction of sp³-hybridized carbons (Fsp3) is 0.588. The Morgan fingerprint density at radius 3 is 2.48 bits per heavy atom. The Labute approximate surface area is 128 Å². The number of benzene rings is 1. The van der Waals surface area contributed by atoms with Crippen LogP contribution in [0.3, 0.4) is 0 Å². The second-order valence-corrected chi connectivity index (χ2v) is 12.5. The highest BCUT2D eigenvalue weighted by Gasteiger charge is 2.42. The van der Waals surface area contributed by atoms with Crippen LogP contribution in [0.4, 0.5) is 0 Å². The SMILES string of the molecule is CC(C)(C)[Si](C)(C)OC1CC(n2cc3ccccc3n2)C1. The molecule has 1 aromatic carbocycles. The van der Waals surface area contributed by atoms with E-state index < -0.39 is 8.32 Å². The quantitative estimate of drug-likeness (QED) is 0.764. The monoisotopic (exact) mass is 302 g/mol. The Morgan fingerprint density at radius 1 is 1.19 bits per heavy atom. The molecule has 0 bridgehead atoms. The van der Waals surface area contributed by atoms with E-state index in [1.54, 1.807) is 0 Å². The molecule has 0 amide bonds. The topological polar surface area (TPSA) is 27.1 Å². The largest absolute Gasteiger partial charge is 0.414 e. The molecule has 0 unspecified atom stereocenters. The van der Waals surface area contributed by atoms with E-state index in [0.29, 0.717) is 17.2 Å². The fourth-order valence-corrected chi connectivity index (χ4v) is 3.99. The van der Waals surface area contributed by atoms with Gasteiger partial charge in [0.25, 0.3) is 0 Å². The van der Waals surface area contributed by atoms with Gasteiger partial charge in [-0.15, -0.1) is 0 Å². The van der Waals surface area contributed by atoms with Crippen molar-refractivity contribution in [2.45, 2.75) is 63.9 Å². The lowest BCUT2D eigenvalue weighted by molar-refractivity contribution is 0.0530. The van der Waals surface area contributed by atoms with E-state index in [1.807, 2.05) is 6.07 Å². The third kappa shape index (κ3) is 2.79. The summed E-state index contributed by atoms with van der Waals surface area (Å²) < 4.78 is 8.60. The summed E-state index contributed by atoms with van der Waals surface area (Å²) in [6, 6.07) is 8.82. The standard InChI is InChI=1S/C17H26N2OSi/c1-17(2,3)21(4,5)20-15-10-14(11-15)19-12-13-8-6-7-9-16(13)18-19/h6-9,12,14-15H,10-11H2,1-5H3. The van der Waals surface area contributed by atoms with Gasteiger partial charge in [0.05, 0.1) is 11.6 Å². The molecule has 0 saturated heterocycles. The first-order valence-corrected chi connectivity index (χ1v) is 10.8. The van der Waals surface area contributed by atoms with Crippen LogP contribution in [0, 0.1) is 0 Å². The summed E-state index contributed by atoms with van der Waals surface area (Å²) >= 11 is 0. The Hall–Kier alpha value is -1.13. The van der Waals surface area contributed by atoms with Crippen molar-refractivity contribution < 1.29 is 4.43 Å². The molecule has 0 radical (unpaired) electrons. The number of hydrogen-bond donors (Lipinski definition) is 0. The molecular weight excluding hydrogens is 276 g/mol. The molecule has 0 N–H and O–H groups in total. The molecule has 3 nitrogen and oxygen atoms in total. The van der Waals surface area contributed by atoms with Gasteiger partial charge in [-0.1, -0.05) is 39.0 Å². The molecule has 1 aliphatic rings. The maximum Gasteiger partial charge on any atom is 0.192 e. The lowest BCUT2D eigenvalue weighted by Crippen LogP contribution is -2.47. The van der Waals surface area contributed by atoms with Crippen molar-refractivity contribution in [1.82, 2.24) is 9.78 Å². The molecule has 114 valence electrons. The van der Waals surface area contributed by atoms with Crippen LogP contribution in [0.15, 0.2) is 30.5 Å². The summed E-state index contributed by atoms with van der Waals surface area (Å²) in [7, 11) is -1.63. The predicted octanol–water partition coefficient (Wildman–Crippen LogP) is 4.76. The number of fused-ring (bicyclic) bond motifs is 1. The van der Waals surface area contributed by atoms with Crippen LogP contribution >= 0.6 is 0 Å². The minimum Gasteiger partial charge on any atom is -0.414 e. The van der Waals surface area contributed by atoms with Crippen molar-refractivity contribution in [3.63, 3.8) is 0 Å². The van der Waals surface area contributed by atoms with Crippen molar-refractivity contribution in [2.75, 3.05) is 0 Å². The van der Waals surface area contributed by atoms with Crippen LogP contribution in [-0.2, 0) is 4.43 Å². The van der Waals surface area contributed by atoms with Crippen molar-refractivity contribution in [1.29, 1.82) is 0 Å². The van der Waals surface area contributed by atoms with E-state index in [1.165, 1.54) is 5.39 Å². The number of nitrogens with zero attached hydrogens (tertiary/aromatic N) is 2. The minimum absolute atomic E-state index is 0.290. The lowest BCUT2D eigenvalue weighted by atomic mass is 9.90. The zero-order chi connectivity index (χ0) is 15.3. The molecule has 1 aromatic heterocycles. The second kappa shape index (κ2) is 4.95. The average molecular weight is 302 g/mol. The molecule has 1 fully saturated rings. The first-order chi connectivity index (χ1) is 9.76. The van der Waals surface area contributed by atoms with E-state index in [-0.39, 0.29) is 0 Å². The van der Waals surface area contributed by atoms with Gasteiger partial charge in [0.1, 0.15) is 0 Å². The highest BCUT2D eigenvalue weighted by Crippen LogP contribution is 2.42. The molecule has 4 heteroatoms. The van der Waals surface area contributed by atoms with Crippen LogP contribution in [-0.4, -0.2) is 24.2 Å². The molecular formula is C17H26N2OSi. The van der Waals surface area contributed by atoms with Crippen molar-refractivity contribution >= 4 is 19.2 Å². The second-order valence-electron chi connectivity index (χ2n) is 7.79. The third-order valence-electron chi connectivity index (χ3n) is 5.14. The summed E-state index contributed by atoms with van der Waals surface area (Å²) in [4.78, 5) is 0. The van der Waals surface area contributed by atoms with Gasteiger partial charge in [-0.3, -0.25) is 4.68 Å². The molecule has 1 saturated carbocycles. The van der Waals surface area contributed by atoms with Crippen LogP contribution in [0.5, 0.6) is 0 Å². The summed E-state index contributed by atoms with van der Waals surface area (Å²) in [5, 5.41) is 6.21. The van der Waals surface area contributed by atoms with E-state index in [4.69, 9.17) is 4.43 Å². The number of rotatable bonds is 3. The third-order valence-corrected chi connectivity index (χ3v) is 9.68. The summed E-state index contributed by atoms with van der Waals surface area (Å²) in [5.41, 5.74) is 1.09. The maximum atomic E-state index is 6.46.